The number of fused-ring (bicyclic) bond motifs is 1. The average Bonchev–Trinajstić information content (AvgIpc) is 3.08. The third kappa shape index (κ3) is 3.31. The van der Waals surface area contributed by atoms with Gasteiger partial charge in [0.15, 0.2) is 0 Å². The van der Waals surface area contributed by atoms with Crippen LogP contribution in [0.25, 0.3) is 22.3 Å². The largest absolute Gasteiger partial charge is 0.349 e. The predicted octanol–water partition coefficient (Wildman–Crippen LogP) is 4.94. The summed E-state index contributed by atoms with van der Waals surface area (Å²) in [7, 11) is 1.94. The van der Waals surface area contributed by atoms with Crippen molar-refractivity contribution in [1.82, 2.24) is 9.55 Å². The maximum Gasteiger partial charge on any atom is 0.256 e. The van der Waals surface area contributed by atoms with E-state index in [-0.39, 0.29) is 11.7 Å². The number of halogens is 1. The Balaban J connectivity index is 1.84. The molecule has 0 bridgehead atoms. The fourth-order valence-electron chi connectivity index (χ4n) is 3.12. The summed E-state index contributed by atoms with van der Waals surface area (Å²) in [6.07, 6.45) is 1.94. The van der Waals surface area contributed by atoms with Crippen molar-refractivity contribution in [3.05, 3.63) is 83.8 Å². The maximum atomic E-state index is 13.1. The molecule has 1 amide bonds. The number of carbonyl (C=O) groups excluding carboxylic acids is 1. The molecule has 0 atom stereocenters. The summed E-state index contributed by atoms with van der Waals surface area (Å²) in [6, 6.07) is 17.3. The quantitative estimate of drug-likeness (QED) is 0.563. The van der Waals surface area contributed by atoms with Gasteiger partial charge in [0.05, 0.1) is 22.5 Å². The number of nitrogens with one attached hydrogen (secondary N) is 1. The maximum absolute atomic E-state index is 13.1. The van der Waals surface area contributed by atoms with Crippen LogP contribution in [0.4, 0.5) is 10.1 Å². The molecule has 2 heterocycles. The predicted molar refractivity (Wildman–Crippen MR) is 105 cm³/mol. The van der Waals surface area contributed by atoms with E-state index in [1.54, 1.807) is 18.2 Å². The highest BCUT2D eigenvalue weighted by atomic mass is 19.1. The second kappa shape index (κ2) is 6.68. The number of hydrogen-bond acceptors (Lipinski definition) is 2. The summed E-state index contributed by atoms with van der Waals surface area (Å²) < 4.78 is 15.1. The summed E-state index contributed by atoms with van der Waals surface area (Å²) in [5.41, 5.74) is 4.52. The van der Waals surface area contributed by atoms with Crippen LogP contribution in [0.2, 0.25) is 0 Å². The number of nitrogens with zero attached hydrogens (tertiary/aromatic N) is 2. The van der Waals surface area contributed by atoms with Gasteiger partial charge in [0.2, 0.25) is 0 Å². The molecule has 0 aliphatic heterocycles. The van der Waals surface area contributed by atoms with Crippen molar-refractivity contribution >= 4 is 22.5 Å². The van der Waals surface area contributed by atoms with Crippen molar-refractivity contribution in [3.8, 4) is 11.4 Å². The number of aromatic nitrogens is 2. The fraction of sp³-hybridized carbons (Fsp3) is 0.0909. The van der Waals surface area contributed by atoms with Crippen LogP contribution in [0.1, 0.15) is 15.9 Å². The van der Waals surface area contributed by atoms with E-state index in [4.69, 9.17) is 4.98 Å². The summed E-state index contributed by atoms with van der Waals surface area (Å²) in [5, 5.41) is 3.63. The van der Waals surface area contributed by atoms with E-state index in [9.17, 15) is 9.18 Å². The highest BCUT2D eigenvalue weighted by Crippen LogP contribution is 2.26. The summed E-state index contributed by atoms with van der Waals surface area (Å²) in [6.45, 7) is 1.98. The molecule has 2 aromatic heterocycles. The Morgan fingerprint density at radius 2 is 1.85 bits per heavy atom. The van der Waals surface area contributed by atoms with Gasteiger partial charge in [0.1, 0.15) is 5.82 Å². The van der Waals surface area contributed by atoms with Gasteiger partial charge in [-0.05, 0) is 61.5 Å². The molecular formula is C22H18FN3O. The van der Waals surface area contributed by atoms with E-state index in [1.165, 1.54) is 12.1 Å². The number of pyridine rings is 1. The molecule has 27 heavy (non-hydrogen) atoms. The van der Waals surface area contributed by atoms with Crippen LogP contribution >= 0.6 is 0 Å². The van der Waals surface area contributed by atoms with Gasteiger partial charge in [-0.25, -0.2) is 9.37 Å². The lowest BCUT2D eigenvalue weighted by atomic mass is 10.0. The van der Waals surface area contributed by atoms with E-state index < -0.39 is 0 Å². The minimum atomic E-state index is -0.344. The Morgan fingerprint density at radius 3 is 2.56 bits per heavy atom. The van der Waals surface area contributed by atoms with Gasteiger partial charge >= 0.3 is 0 Å². The van der Waals surface area contributed by atoms with Crippen molar-refractivity contribution in [2.45, 2.75) is 6.92 Å². The average molecular weight is 359 g/mol. The van der Waals surface area contributed by atoms with E-state index in [1.807, 2.05) is 55.1 Å². The normalized spacial score (nSPS) is 10.9. The zero-order valence-electron chi connectivity index (χ0n) is 15.0. The monoisotopic (exact) mass is 359 g/mol. The molecule has 4 aromatic rings. The lowest BCUT2D eigenvalue weighted by Crippen LogP contribution is -2.13. The molecule has 0 fully saturated rings. The molecule has 0 aliphatic carbocycles. The van der Waals surface area contributed by atoms with Crippen LogP contribution in [0.5, 0.6) is 0 Å². The minimum absolute atomic E-state index is 0.255. The van der Waals surface area contributed by atoms with Crippen molar-refractivity contribution in [2.75, 3.05) is 5.32 Å². The molecule has 5 heteroatoms. The smallest absolute Gasteiger partial charge is 0.256 e. The number of anilines is 1. The number of amides is 1. The molecule has 0 unspecified atom stereocenters. The van der Waals surface area contributed by atoms with E-state index in [0.29, 0.717) is 11.3 Å². The molecule has 0 spiro atoms. The molecule has 134 valence electrons. The summed E-state index contributed by atoms with van der Waals surface area (Å²) >= 11 is 0. The summed E-state index contributed by atoms with van der Waals surface area (Å²) in [5.74, 6) is -0.598. The zero-order chi connectivity index (χ0) is 19.0. The van der Waals surface area contributed by atoms with Crippen LogP contribution in [0, 0.1) is 12.7 Å². The Hall–Kier alpha value is -3.47. The number of rotatable bonds is 3. The fourth-order valence-corrected chi connectivity index (χ4v) is 3.12. The molecule has 4 nitrogen and oxygen atoms in total. The third-order valence-electron chi connectivity index (χ3n) is 4.52. The van der Waals surface area contributed by atoms with Crippen molar-refractivity contribution < 1.29 is 9.18 Å². The Labute approximate surface area is 156 Å². The molecule has 4 rings (SSSR count). The van der Waals surface area contributed by atoms with Gasteiger partial charge in [-0.15, -0.1) is 0 Å². The molecule has 0 saturated heterocycles. The second-order valence-electron chi connectivity index (χ2n) is 6.54. The standard InChI is InChI=1S/C22H18FN3O/c1-14-5-10-19-17(12-14)18(13-20(25-19)21-4-3-11-26(21)2)22(27)24-16-8-6-15(23)7-9-16/h3-13H,1-2H3,(H,24,27). The van der Waals surface area contributed by atoms with E-state index in [0.717, 1.165) is 27.9 Å². The first kappa shape index (κ1) is 17.0. The first-order valence-electron chi connectivity index (χ1n) is 8.61. The Bertz CT molecular complexity index is 1150. The zero-order valence-corrected chi connectivity index (χ0v) is 15.0. The lowest BCUT2D eigenvalue weighted by molar-refractivity contribution is 0.102. The van der Waals surface area contributed by atoms with Crippen molar-refractivity contribution in [1.29, 1.82) is 0 Å². The minimum Gasteiger partial charge on any atom is -0.349 e. The van der Waals surface area contributed by atoms with Gasteiger partial charge in [-0.3, -0.25) is 4.79 Å². The SMILES string of the molecule is Cc1ccc2nc(-c3cccn3C)cc(C(=O)Nc3ccc(F)cc3)c2c1. The van der Waals surface area contributed by atoms with E-state index >= 15 is 0 Å². The van der Waals surface area contributed by atoms with Gasteiger partial charge in [0.25, 0.3) is 5.91 Å². The van der Waals surface area contributed by atoms with Crippen LogP contribution < -0.4 is 5.32 Å². The van der Waals surface area contributed by atoms with Crippen LogP contribution in [0.15, 0.2) is 66.9 Å². The van der Waals surface area contributed by atoms with Gasteiger partial charge < -0.3 is 9.88 Å². The third-order valence-corrected chi connectivity index (χ3v) is 4.52. The first-order chi connectivity index (χ1) is 13.0. The highest BCUT2D eigenvalue weighted by Gasteiger charge is 2.15. The Morgan fingerprint density at radius 1 is 1.07 bits per heavy atom. The summed E-state index contributed by atoms with van der Waals surface area (Å²) in [4.78, 5) is 17.7. The second-order valence-corrected chi connectivity index (χ2v) is 6.54. The number of aryl methyl sites for hydroxylation is 2. The molecule has 2 aromatic carbocycles. The van der Waals surface area contributed by atoms with Crippen molar-refractivity contribution in [3.63, 3.8) is 0 Å². The van der Waals surface area contributed by atoms with Crippen LogP contribution in [-0.2, 0) is 7.05 Å². The lowest BCUT2D eigenvalue weighted by Gasteiger charge is -2.12. The van der Waals surface area contributed by atoms with E-state index in [2.05, 4.69) is 5.32 Å². The highest BCUT2D eigenvalue weighted by molar-refractivity contribution is 6.13. The van der Waals surface area contributed by atoms with Gasteiger partial charge in [0, 0.05) is 24.3 Å². The molecule has 1 N–H and O–H groups in total. The van der Waals surface area contributed by atoms with Crippen LogP contribution in [0.3, 0.4) is 0 Å². The van der Waals surface area contributed by atoms with Gasteiger partial charge in [-0.1, -0.05) is 11.6 Å². The molecule has 0 saturated carbocycles. The van der Waals surface area contributed by atoms with Crippen molar-refractivity contribution in [2.24, 2.45) is 7.05 Å². The molecule has 0 radical (unpaired) electrons. The number of carbonyl (C=O) groups is 1. The van der Waals surface area contributed by atoms with Crippen LogP contribution in [-0.4, -0.2) is 15.5 Å². The first-order valence-corrected chi connectivity index (χ1v) is 8.61. The molecule has 0 aliphatic rings. The number of benzene rings is 2. The molecular weight excluding hydrogens is 341 g/mol. The number of hydrogen-bond donors (Lipinski definition) is 1. The Kier molecular flexibility index (Phi) is 4.20. The van der Waals surface area contributed by atoms with Gasteiger partial charge in [-0.2, -0.15) is 0 Å². The topological polar surface area (TPSA) is 46.9 Å².